The van der Waals surface area contributed by atoms with E-state index in [0.29, 0.717) is 0 Å². The first kappa shape index (κ1) is 11.7. The van der Waals surface area contributed by atoms with E-state index in [0.717, 1.165) is 6.07 Å². The molecule has 6 nitrogen and oxygen atoms in total. The lowest BCUT2D eigenvalue weighted by molar-refractivity contribution is -0.384. The molecule has 0 aliphatic carbocycles. The highest BCUT2D eigenvalue weighted by atomic mass is 16.6. The number of nitrogens with two attached hydrogens (primary N) is 1. The zero-order valence-electron chi connectivity index (χ0n) is 8.47. The summed E-state index contributed by atoms with van der Waals surface area (Å²) in [6.07, 6.45) is 1.51. The predicted octanol–water partition coefficient (Wildman–Crippen LogP) is 1.09. The predicted molar refractivity (Wildman–Crippen MR) is 60.0 cm³/mol. The molecular weight excluding hydrogens is 210 g/mol. The largest absolute Gasteiger partial charge is 0.398 e. The van der Waals surface area contributed by atoms with E-state index in [9.17, 15) is 14.9 Å². The van der Waals surface area contributed by atoms with E-state index in [1.54, 1.807) is 0 Å². The Morgan fingerprint density at radius 3 is 2.88 bits per heavy atom. The summed E-state index contributed by atoms with van der Waals surface area (Å²) in [6.45, 7) is 3.72. The second-order valence-electron chi connectivity index (χ2n) is 3.03. The molecule has 1 aromatic carbocycles. The fraction of sp³-hybridized carbons (Fsp3) is 0.100. The lowest BCUT2D eigenvalue weighted by atomic mass is 10.1. The van der Waals surface area contributed by atoms with Crippen molar-refractivity contribution in [3.63, 3.8) is 0 Å². The molecule has 16 heavy (non-hydrogen) atoms. The molecule has 0 spiro atoms. The van der Waals surface area contributed by atoms with Crippen LogP contribution >= 0.6 is 0 Å². The molecule has 0 aliphatic rings. The highest BCUT2D eigenvalue weighted by Gasteiger charge is 2.14. The minimum atomic E-state index is -0.580. The summed E-state index contributed by atoms with van der Waals surface area (Å²) >= 11 is 0. The van der Waals surface area contributed by atoms with E-state index in [1.807, 2.05) is 0 Å². The molecule has 0 aliphatic heterocycles. The van der Waals surface area contributed by atoms with Crippen molar-refractivity contribution in [2.24, 2.45) is 0 Å². The van der Waals surface area contributed by atoms with Gasteiger partial charge in [0.05, 0.1) is 10.5 Å². The average Bonchev–Trinajstić information content (AvgIpc) is 2.26. The van der Waals surface area contributed by atoms with Crippen LogP contribution < -0.4 is 11.1 Å². The lowest BCUT2D eigenvalue weighted by Crippen LogP contribution is -2.24. The zero-order valence-corrected chi connectivity index (χ0v) is 8.47. The summed E-state index contributed by atoms with van der Waals surface area (Å²) in [5.41, 5.74) is 5.68. The Kier molecular flexibility index (Phi) is 3.60. The van der Waals surface area contributed by atoms with Crippen LogP contribution in [-0.4, -0.2) is 17.4 Å². The Morgan fingerprint density at radius 2 is 2.31 bits per heavy atom. The average molecular weight is 221 g/mol. The summed E-state index contributed by atoms with van der Waals surface area (Å²) in [7, 11) is 0. The fourth-order valence-electron chi connectivity index (χ4n) is 1.11. The number of hydrogen-bond donors (Lipinski definition) is 2. The van der Waals surface area contributed by atoms with Crippen molar-refractivity contribution in [1.29, 1.82) is 0 Å². The number of nitro groups is 1. The van der Waals surface area contributed by atoms with E-state index < -0.39 is 10.8 Å². The van der Waals surface area contributed by atoms with Crippen molar-refractivity contribution in [3.05, 3.63) is 46.5 Å². The number of nitrogens with one attached hydrogen (secondary N) is 1. The van der Waals surface area contributed by atoms with Crippen LogP contribution in [0.5, 0.6) is 0 Å². The standard InChI is InChI=1S/C10H11N3O3/c1-2-5-12-10(14)8-6-7(13(15)16)3-4-9(8)11/h2-4,6H,1,5,11H2,(H,12,14). The van der Waals surface area contributed by atoms with Gasteiger partial charge in [0.2, 0.25) is 0 Å². The van der Waals surface area contributed by atoms with Gasteiger partial charge in [0, 0.05) is 24.4 Å². The van der Waals surface area contributed by atoms with Crippen LogP contribution in [0.4, 0.5) is 11.4 Å². The maximum atomic E-state index is 11.5. The number of anilines is 1. The van der Waals surface area contributed by atoms with Crippen molar-refractivity contribution < 1.29 is 9.72 Å². The molecule has 1 aromatic rings. The second-order valence-corrected chi connectivity index (χ2v) is 3.03. The quantitative estimate of drug-likeness (QED) is 0.344. The van der Waals surface area contributed by atoms with Gasteiger partial charge >= 0.3 is 0 Å². The minimum Gasteiger partial charge on any atom is -0.398 e. The summed E-state index contributed by atoms with van der Waals surface area (Å²) in [5.74, 6) is -0.457. The molecular formula is C10H11N3O3. The summed E-state index contributed by atoms with van der Waals surface area (Å²) in [6, 6.07) is 3.73. The van der Waals surface area contributed by atoms with Gasteiger partial charge < -0.3 is 11.1 Å². The first-order valence-electron chi connectivity index (χ1n) is 4.49. The van der Waals surface area contributed by atoms with Crippen LogP contribution in [0, 0.1) is 10.1 Å². The van der Waals surface area contributed by atoms with Gasteiger partial charge in [0.1, 0.15) is 0 Å². The number of carbonyl (C=O) groups excluding carboxylic acids is 1. The van der Waals surface area contributed by atoms with E-state index in [4.69, 9.17) is 5.73 Å². The van der Waals surface area contributed by atoms with E-state index in [1.165, 1.54) is 18.2 Å². The van der Waals surface area contributed by atoms with Crippen LogP contribution in [0.2, 0.25) is 0 Å². The molecule has 0 saturated heterocycles. The number of rotatable bonds is 4. The van der Waals surface area contributed by atoms with Crippen molar-refractivity contribution in [2.45, 2.75) is 0 Å². The van der Waals surface area contributed by atoms with Crippen LogP contribution in [-0.2, 0) is 0 Å². The minimum absolute atomic E-state index is 0.0936. The van der Waals surface area contributed by atoms with E-state index in [2.05, 4.69) is 11.9 Å². The first-order valence-corrected chi connectivity index (χ1v) is 4.49. The third-order valence-electron chi connectivity index (χ3n) is 1.90. The van der Waals surface area contributed by atoms with Crippen molar-refractivity contribution >= 4 is 17.3 Å². The number of benzene rings is 1. The topological polar surface area (TPSA) is 98.3 Å². The molecule has 1 amide bonds. The van der Waals surface area contributed by atoms with E-state index in [-0.39, 0.29) is 23.5 Å². The van der Waals surface area contributed by atoms with Crippen molar-refractivity contribution in [1.82, 2.24) is 5.32 Å². The highest BCUT2D eigenvalue weighted by Crippen LogP contribution is 2.19. The second kappa shape index (κ2) is 4.92. The number of non-ortho nitro benzene ring substituents is 1. The molecule has 84 valence electrons. The number of carbonyl (C=O) groups is 1. The summed E-state index contributed by atoms with van der Waals surface area (Å²) in [5, 5.41) is 13.0. The lowest BCUT2D eigenvalue weighted by Gasteiger charge is -2.05. The molecule has 0 aromatic heterocycles. The third-order valence-corrected chi connectivity index (χ3v) is 1.90. The molecule has 1 rings (SSSR count). The van der Waals surface area contributed by atoms with Gasteiger partial charge in [-0.2, -0.15) is 0 Å². The third kappa shape index (κ3) is 2.57. The van der Waals surface area contributed by atoms with Gasteiger partial charge in [-0.3, -0.25) is 14.9 Å². The smallest absolute Gasteiger partial charge is 0.270 e. The number of nitro benzene ring substituents is 1. The van der Waals surface area contributed by atoms with Crippen LogP contribution in [0.1, 0.15) is 10.4 Å². The number of nitrogen functional groups attached to an aromatic ring is 1. The molecule has 6 heteroatoms. The Balaban J connectivity index is 3.02. The molecule has 0 bridgehead atoms. The van der Waals surface area contributed by atoms with Gasteiger partial charge in [0.25, 0.3) is 11.6 Å². The molecule has 0 fully saturated rings. The van der Waals surface area contributed by atoms with Crippen LogP contribution in [0.15, 0.2) is 30.9 Å². The maximum Gasteiger partial charge on any atom is 0.270 e. The van der Waals surface area contributed by atoms with Gasteiger partial charge in [-0.25, -0.2) is 0 Å². The Morgan fingerprint density at radius 1 is 1.62 bits per heavy atom. The van der Waals surface area contributed by atoms with E-state index >= 15 is 0 Å². The monoisotopic (exact) mass is 221 g/mol. The van der Waals surface area contributed by atoms with Gasteiger partial charge in [0.15, 0.2) is 0 Å². The Hall–Kier alpha value is -2.37. The maximum absolute atomic E-state index is 11.5. The highest BCUT2D eigenvalue weighted by molar-refractivity contribution is 5.99. The molecule has 0 atom stereocenters. The Bertz CT molecular complexity index is 443. The fourth-order valence-corrected chi connectivity index (χ4v) is 1.11. The molecule has 0 saturated carbocycles. The van der Waals surface area contributed by atoms with Gasteiger partial charge in [-0.05, 0) is 6.07 Å². The van der Waals surface area contributed by atoms with Gasteiger partial charge in [-0.1, -0.05) is 6.08 Å². The Labute approximate surface area is 91.9 Å². The molecule has 0 radical (unpaired) electrons. The molecule has 3 N–H and O–H groups in total. The molecule has 0 heterocycles. The molecule has 0 unspecified atom stereocenters. The zero-order chi connectivity index (χ0) is 12.1. The summed E-state index contributed by atoms with van der Waals surface area (Å²) < 4.78 is 0. The van der Waals surface area contributed by atoms with Crippen molar-refractivity contribution in [2.75, 3.05) is 12.3 Å². The SMILES string of the molecule is C=CCNC(=O)c1cc([N+](=O)[O-])ccc1N. The summed E-state index contributed by atoms with van der Waals surface area (Å²) in [4.78, 5) is 21.5. The number of nitrogens with zero attached hydrogens (tertiary/aromatic N) is 1. The normalized spacial score (nSPS) is 9.50. The van der Waals surface area contributed by atoms with Crippen LogP contribution in [0.3, 0.4) is 0 Å². The van der Waals surface area contributed by atoms with Crippen LogP contribution in [0.25, 0.3) is 0 Å². The number of hydrogen-bond acceptors (Lipinski definition) is 4. The van der Waals surface area contributed by atoms with Crippen molar-refractivity contribution in [3.8, 4) is 0 Å². The van der Waals surface area contributed by atoms with Gasteiger partial charge in [-0.15, -0.1) is 6.58 Å². The number of amides is 1. The first-order chi connectivity index (χ1) is 7.56.